The fraction of sp³-hybridized carbons (Fsp3) is 0.111. The molecule has 0 spiro atoms. The minimum absolute atomic E-state index is 0.720. The van der Waals surface area contributed by atoms with E-state index in [1.54, 1.807) is 0 Å². The Labute approximate surface area is 186 Å². The third kappa shape index (κ3) is 3.16. The van der Waals surface area contributed by atoms with Crippen molar-refractivity contribution in [2.45, 2.75) is 18.9 Å². The molecule has 0 saturated heterocycles. The van der Waals surface area contributed by atoms with Gasteiger partial charge in [-0.3, -0.25) is 4.52 Å². The third-order valence-corrected chi connectivity index (χ3v) is 7.07. The van der Waals surface area contributed by atoms with Crippen molar-refractivity contribution in [3.63, 3.8) is 0 Å². The van der Waals surface area contributed by atoms with Gasteiger partial charge in [0.25, 0.3) is 0 Å². The molecule has 5 heteroatoms. The summed E-state index contributed by atoms with van der Waals surface area (Å²) in [6.45, 7) is 0. The Bertz CT molecular complexity index is 1320. The van der Waals surface area contributed by atoms with Gasteiger partial charge in [-0.2, -0.15) is 0 Å². The van der Waals surface area contributed by atoms with Crippen molar-refractivity contribution in [1.82, 2.24) is 0 Å². The Morgan fingerprint density at radius 3 is 1.53 bits per heavy atom. The smallest absolute Gasteiger partial charge is 0.303 e. The number of benzene rings is 4. The summed E-state index contributed by atoms with van der Waals surface area (Å²) in [5, 5.41) is 0. The first-order valence-corrected chi connectivity index (χ1v) is 12.2. The van der Waals surface area contributed by atoms with E-state index in [1.807, 2.05) is 48.5 Å². The minimum Gasteiger partial charge on any atom is -0.303 e. The highest BCUT2D eigenvalue weighted by Gasteiger charge is 2.33. The summed E-state index contributed by atoms with van der Waals surface area (Å²) in [4.78, 5) is 19.7. The monoisotopic (exact) mass is 440 g/mol. The van der Waals surface area contributed by atoms with Crippen LogP contribution in [0.25, 0.3) is 22.3 Å². The standard InChI is InChI=1S/C27H21O4P/c28-32(29,30)31-27(23-13-5-11-21-19-9-3-1-7-17(19)15-25(21)23)24-14-6-12-22-20-10-4-2-8-18(20)16-26(22)24/h1-14,27H,15-16H2,(H2,28,29,30). The summed E-state index contributed by atoms with van der Waals surface area (Å²) >= 11 is 0. The molecule has 6 rings (SSSR count). The van der Waals surface area contributed by atoms with Gasteiger partial charge in [0, 0.05) is 0 Å². The number of hydrogen-bond acceptors (Lipinski definition) is 2. The van der Waals surface area contributed by atoms with Gasteiger partial charge in [-0.1, -0.05) is 84.9 Å². The Morgan fingerprint density at radius 1 is 0.625 bits per heavy atom. The molecule has 2 aliphatic rings. The van der Waals surface area contributed by atoms with Gasteiger partial charge in [0.15, 0.2) is 0 Å². The van der Waals surface area contributed by atoms with E-state index in [9.17, 15) is 14.4 Å². The first-order chi connectivity index (χ1) is 15.5. The molecule has 0 radical (unpaired) electrons. The van der Waals surface area contributed by atoms with E-state index in [1.165, 1.54) is 22.3 Å². The molecule has 2 aliphatic carbocycles. The van der Waals surface area contributed by atoms with Gasteiger partial charge < -0.3 is 9.79 Å². The molecule has 4 aromatic carbocycles. The summed E-state index contributed by atoms with van der Waals surface area (Å²) in [7, 11) is -4.75. The predicted octanol–water partition coefficient (Wildman–Crippen LogP) is 6.03. The van der Waals surface area contributed by atoms with E-state index in [4.69, 9.17) is 4.52 Å². The minimum atomic E-state index is -4.75. The highest BCUT2D eigenvalue weighted by Crippen LogP contribution is 2.51. The Balaban J connectivity index is 1.54. The molecular formula is C27H21O4P. The van der Waals surface area contributed by atoms with Gasteiger partial charge in [-0.05, 0) is 68.5 Å². The van der Waals surface area contributed by atoms with Gasteiger partial charge in [-0.25, -0.2) is 4.57 Å². The fourth-order valence-corrected chi connectivity index (χ4v) is 5.78. The van der Waals surface area contributed by atoms with E-state index in [2.05, 4.69) is 36.4 Å². The van der Waals surface area contributed by atoms with Crippen molar-refractivity contribution in [3.05, 3.63) is 118 Å². The Kier molecular flexibility index (Phi) is 4.46. The van der Waals surface area contributed by atoms with E-state index < -0.39 is 13.9 Å². The lowest BCUT2D eigenvalue weighted by Gasteiger charge is -2.24. The summed E-state index contributed by atoms with van der Waals surface area (Å²) in [6, 6.07) is 28.4. The normalized spacial score (nSPS) is 13.6. The van der Waals surface area contributed by atoms with Crippen LogP contribution < -0.4 is 0 Å². The first-order valence-electron chi connectivity index (χ1n) is 10.6. The molecule has 158 valence electrons. The number of rotatable bonds is 4. The molecule has 32 heavy (non-hydrogen) atoms. The lowest BCUT2D eigenvalue weighted by Crippen LogP contribution is -2.10. The molecule has 2 N–H and O–H groups in total. The number of phosphoric acid groups is 1. The van der Waals surface area contributed by atoms with Crippen molar-refractivity contribution in [2.75, 3.05) is 0 Å². The highest BCUT2D eigenvalue weighted by molar-refractivity contribution is 7.46. The van der Waals surface area contributed by atoms with Crippen molar-refractivity contribution in [3.8, 4) is 22.3 Å². The molecule has 4 nitrogen and oxygen atoms in total. The molecule has 0 fully saturated rings. The van der Waals surface area contributed by atoms with Gasteiger partial charge in [-0.15, -0.1) is 0 Å². The molecule has 0 heterocycles. The third-order valence-electron chi connectivity index (χ3n) is 6.58. The highest BCUT2D eigenvalue weighted by atomic mass is 31.2. The van der Waals surface area contributed by atoms with Crippen LogP contribution in [0.5, 0.6) is 0 Å². The second-order valence-electron chi connectivity index (χ2n) is 8.39. The van der Waals surface area contributed by atoms with Gasteiger partial charge >= 0.3 is 7.82 Å². The predicted molar refractivity (Wildman–Crippen MR) is 124 cm³/mol. The largest absolute Gasteiger partial charge is 0.470 e. The second kappa shape index (κ2) is 7.26. The maximum absolute atomic E-state index is 12.1. The summed E-state index contributed by atoms with van der Waals surface area (Å²) in [6.07, 6.45) is 0.583. The van der Waals surface area contributed by atoms with Crippen molar-refractivity contribution in [2.24, 2.45) is 0 Å². The van der Waals surface area contributed by atoms with Gasteiger partial charge in [0.2, 0.25) is 0 Å². The van der Waals surface area contributed by atoms with E-state index >= 15 is 0 Å². The van der Waals surface area contributed by atoms with E-state index in [0.717, 1.165) is 46.2 Å². The second-order valence-corrected chi connectivity index (χ2v) is 9.58. The van der Waals surface area contributed by atoms with E-state index in [0.29, 0.717) is 0 Å². The SMILES string of the molecule is O=P(O)(O)OC(c1cccc2c1Cc1ccccc1-2)c1cccc2c1Cc1ccccc1-2. The topological polar surface area (TPSA) is 66.8 Å². The maximum Gasteiger partial charge on any atom is 0.470 e. The van der Waals surface area contributed by atoms with Gasteiger partial charge in [0.05, 0.1) is 0 Å². The molecule has 0 aliphatic heterocycles. The maximum atomic E-state index is 12.1. The molecule has 0 unspecified atom stereocenters. The van der Waals surface area contributed by atoms with Crippen LogP contribution in [0, 0.1) is 0 Å². The molecule has 0 atom stereocenters. The number of fused-ring (bicyclic) bond motifs is 6. The molecule has 0 saturated carbocycles. The van der Waals surface area contributed by atoms with Crippen LogP contribution in [0.15, 0.2) is 84.9 Å². The molecular weight excluding hydrogens is 419 g/mol. The lowest BCUT2D eigenvalue weighted by atomic mass is 9.90. The number of hydrogen-bond donors (Lipinski definition) is 2. The van der Waals surface area contributed by atoms with Crippen molar-refractivity contribution < 1.29 is 18.9 Å². The van der Waals surface area contributed by atoms with Crippen LogP contribution in [0.4, 0.5) is 0 Å². The molecule has 0 amide bonds. The average Bonchev–Trinajstić information content (AvgIpc) is 3.35. The summed E-state index contributed by atoms with van der Waals surface area (Å²) < 4.78 is 17.6. The zero-order valence-corrected chi connectivity index (χ0v) is 18.1. The van der Waals surface area contributed by atoms with Crippen LogP contribution in [-0.4, -0.2) is 9.79 Å². The summed E-state index contributed by atoms with van der Waals surface area (Å²) in [5.41, 5.74) is 10.8. The van der Waals surface area contributed by atoms with E-state index in [-0.39, 0.29) is 0 Å². The van der Waals surface area contributed by atoms with Crippen LogP contribution in [0.3, 0.4) is 0 Å². The van der Waals surface area contributed by atoms with Crippen molar-refractivity contribution >= 4 is 7.82 Å². The number of phosphoric ester groups is 1. The van der Waals surface area contributed by atoms with Crippen LogP contribution in [0.1, 0.15) is 39.5 Å². The average molecular weight is 440 g/mol. The lowest BCUT2D eigenvalue weighted by molar-refractivity contribution is 0.157. The van der Waals surface area contributed by atoms with Crippen LogP contribution in [0.2, 0.25) is 0 Å². The summed E-state index contributed by atoms with van der Waals surface area (Å²) in [5.74, 6) is 0. The van der Waals surface area contributed by atoms with Crippen LogP contribution >= 0.6 is 7.82 Å². The van der Waals surface area contributed by atoms with Crippen molar-refractivity contribution in [1.29, 1.82) is 0 Å². The molecule has 0 bridgehead atoms. The quantitative estimate of drug-likeness (QED) is 0.329. The Morgan fingerprint density at radius 2 is 1.06 bits per heavy atom. The van der Waals surface area contributed by atoms with Gasteiger partial charge in [0.1, 0.15) is 6.10 Å². The Hall–Kier alpha value is -3.01. The zero-order chi connectivity index (χ0) is 21.9. The first kappa shape index (κ1) is 19.7. The fourth-order valence-electron chi connectivity index (χ4n) is 5.27. The van der Waals surface area contributed by atoms with Crippen LogP contribution in [-0.2, 0) is 21.9 Å². The molecule has 0 aromatic heterocycles. The zero-order valence-electron chi connectivity index (χ0n) is 17.2. The molecule has 4 aromatic rings.